The molecule has 1 rings (SSSR count). The fourth-order valence-electron chi connectivity index (χ4n) is 0.994. The number of allylic oxidation sites excluding steroid dienone is 1. The van der Waals surface area contributed by atoms with Crippen LogP contribution in [0.15, 0.2) is 43.5 Å². The van der Waals surface area contributed by atoms with Gasteiger partial charge in [-0.2, -0.15) is 0 Å². The van der Waals surface area contributed by atoms with Crippen LogP contribution in [0.2, 0.25) is 0 Å². The molecule has 0 atom stereocenters. The van der Waals surface area contributed by atoms with E-state index >= 15 is 0 Å². The molecule has 0 aliphatic rings. The molecule has 0 spiro atoms. The number of nitrogens with two attached hydrogens (primary N) is 1. The minimum atomic E-state index is 0.609. The Hall–Kier alpha value is -1.34. The zero-order valence-electron chi connectivity index (χ0n) is 9.58. The van der Waals surface area contributed by atoms with E-state index in [9.17, 15) is 0 Å². The summed E-state index contributed by atoms with van der Waals surface area (Å²) in [5, 5.41) is 0. The second-order valence-electron chi connectivity index (χ2n) is 3.23. The Bertz CT molecular complexity index is 272. The van der Waals surface area contributed by atoms with Crippen LogP contribution < -0.4 is 5.73 Å². The van der Waals surface area contributed by atoms with E-state index in [-0.39, 0.29) is 0 Å². The monoisotopic (exact) mass is 203 g/mol. The molecular formula is C14H21N. The predicted molar refractivity (Wildman–Crippen MR) is 69.5 cm³/mol. The first kappa shape index (κ1) is 13.7. The van der Waals surface area contributed by atoms with Crippen LogP contribution in [-0.2, 0) is 6.54 Å². The summed E-state index contributed by atoms with van der Waals surface area (Å²) in [6.45, 7) is 9.95. The first-order chi connectivity index (χ1) is 7.28. The maximum Gasteiger partial charge on any atom is 0.0178 e. The highest BCUT2D eigenvalue weighted by atomic mass is 14.5. The van der Waals surface area contributed by atoms with E-state index in [2.05, 4.69) is 20.1 Å². The lowest BCUT2D eigenvalue weighted by Crippen LogP contribution is -1.94. The van der Waals surface area contributed by atoms with Crippen molar-refractivity contribution >= 4 is 6.08 Å². The summed E-state index contributed by atoms with van der Waals surface area (Å²) >= 11 is 0. The average Bonchev–Trinajstić information content (AvgIpc) is 2.31. The van der Waals surface area contributed by atoms with Gasteiger partial charge in [0.15, 0.2) is 0 Å². The lowest BCUT2D eigenvalue weighted by atomic mass is 10.1. The molecular weight excluding hydrogens is 182 g/mol. The van der Waals surface area contributed by atoms with E-state index in [4.69, 9.17) is 5.73 Å². The smallest absolute Gasteiger partial charge is 0.0178 e. The van der Waals surface area contributed by atoms with Crippen molar-refractivity contribution in [3.05, 3.63) is 54.6 Å². The largest absolute Gasteiger partial charge is 0.326 e. The zero-order valence-corrected chi connectivity index (χ0v) is 9.58. The Labute approximate surface area is 93.3 Å². The molecule has 0 radical (unpaired) electrons. The summed E-state index contributed by atoms with van der Waals surface area (Å²) in [7, 11) is 0. The second kappa shape index (κ2) is 9.22. The normalized spacial score (nSPS) is 8.67. The van der Waals surface area contributed by atoms with Crippen LogP contribution in [0.4, 0.5) is 0 Å². The molecule has 1 nitrogen and oxygen atoms in total. The predicted octanol–water partition coefficient (Wildman–Crippen LogP) is 3.76. The summed E-state index contributed by atoms with van der Waals surface area (Å²) in [6, 6.07) is 8.04. The van der Waals surface area contributed by atoms with Crippen LogP contribution >= 0.6 is 0 Å². The molecule has 1 aromatic rings. The Morgan fingerprint density at radius 3 is 2.07 bits per heavy atom. The topological polar surface area (TPSA) is 26.0 Å². The van der Waals surface area contributed by atoms with E-state index in [0.29, 0.717) is 6.54 Å². The lowest BCUT2D eigenvalue weighted by Gasteiger charge is -1.95. The van der Waals surface area contributed by atoms with Crippen LogP contribution in [0.5, 0.6) is 0 Å². The highest BCUT2D eigenvalue weighted by Crippen LogP contribution is 2.03. The summed E-state index contributed by atoms with van der Waals surface area (Å²) in [6.07, 6.45) is 6.13. The fraction of sp³-hybridized carbons (Fsp3) is 0.286. The van der Waals surface area contributed by atoms with Crippen molar-refractivity contribution in [1.29, 1.82) is 0 Å². The number of rotatable bonds is 4. The minimum Gasteiger partial charge on any atom is -0.326 e. The molecule has 0 saturated heterocycles. The third-order valence-electron chi connectivity index (χ3n) is 1.94. The van der Waals surface area contributed by atoms with Gasteiger partial charge >= 0.3 is 0 Å². The SMILES string of the molecule is C=CCCC.C=Cc1ccc(CN)cc1. The molecule has 15 heavy (non-hydrogen) atoms. The molecule has 2 N–H and O–H groups in total. The average molecular weight is 203 g/mol. The molecule has 1 aromatic carbocycles. The van der Waals surface area contributed by atoms with E-state index in [1.165, 1.54) is 6.42 Å². The van der Waals surface area contributed by atoms with Crippen molar-refractivity contribution in [3.8, 4) is 0 Å². The number of benzene rings is 1. The molecule has 0 unspecified atom stereocenters. The molecule has 0 fully saturated rings. The molecule has 0 bridgehead atoms. The first-order valence-electron chi connectivity index (χ1n) is 5.30. The second-order valence-corrected chi connectivity index (χ2v) is 3.23. The van der Waals surface area contributed by atoms with Gasteiger partial charge in [0.25, 0.3) is 0 Å². The summed E-state index contributed by atoms with van der Waals surface area (Å²) in [5.74, 6) is 0. The molecule has 0 aliphatic carbocycles. The van der Waals surface area contributed by atoms with Crippen molar-refractivity contribution in [2.45, 2.75) is 26.3 Å². The Morgan fingerprint density at radius 1 is 1.20 bits per heavy atom. The van der Waals surface area contributed by atoms with E-state index in [1.54, 1.807) is 0 Å². The van der Waals surface area contributed by atoms with Gasteiger partial charge in [-0.1, -0.05) is 56.3 Å². The molecule has 0 aromatic heterocycles. The number of hydrogen-bond acceptors (Lipinski definition) is 1. The molecule has 0 amide bonds. The zero-order chi connectivity index (χ0) is 11.5. The third kappa shape index (κ3) is 6.69. The van der Waals surface area contributed by atoms with Crippen molar-refractivity contribution in [1.82, 2.24) is 0 Å². The number of hydrogen-bond donors (Lipinski definition) is 1. The van der Waals surface area contributed by atoms with Gasteiger partial charge in [-0.3, -0.25) is 0 Å². The van der Waals surface area contributed by atoms with Crippen molar-refractivity contribution < 1.29 is 0 Å². The standard InChI is InChI=1S/C9H11N.C5H10/c1-2-8-3-5-9(7-10)6-4-8;1-3-5-4-2/h2-6H,1,7,10H2;3H,1,4-5H2,2H3. The summed E-state index contributed by atoms with van der Waals surface area (Å²) < 4.78 is 0. The van der Waals surface area contributed by atoms with Gasteiger partial charge in [0.1, 0.15) is 0 Å². The third-order valence-corrected chi connectivity index (χ3v) is 1.94. The first-order valence-corrected chi connectivity index (χ1v) is 5.30. The Balaban J connectivity index is 0.000000336. The maximum atomic E-state index is 5.42. The Morgan fingerprint density at radius 2 is 1.80 bits per heavy atom. The van der Waals surface area contributed by atoms with Gasteiger partial charge in [0, 0.05) is 6.54 Å². The highest BCUT2D eigenvalue weighted by molar-refractivity contribution is 5.47. The van der Waals surface area contributed by atoms with Crippen molar-refractivity contribution in [3.63, 3.8) is 0 Å². The van der Waals surface area contributed by atoms with Gasteiger partial charge in [0.05, 0.1) is 0 Å². The van der Waals surface area contributed by atoms with Gasteiger partial charge in [-0.25, -0.2) is 0 Å². The van der Waals surface area contributed by atoms with Gasteiger partial charge < -0.3 is 5.73 Å². The minimum absolute atomic E-state index is 0.609. The van der Waals surface area contributed by atoms with E-state index in [0.717, 1.165) is 17.5 Å². The van der Waals surface area contributed by atoms with E-state index < -0.39 is 0 Å². The lowest BCUT2D eigenvalue weighted by molar-refractivity contribution is 0.961. The summed E-state index contributed by atoms with van der Waals surface area (Å²) in [4.78, 5) is 0. The van der Waals surface area contributed by atoms with Crippen LogP contribution in [0.3, 0.4) is 0 Å². The van der Waals surface area contributed by atoms with Crippen LogP contribution in [0.1, 0.15) is 30.9 Å². The molecule has 0 saturated carbocycles. The van der Waals surface area contributed by atoms with Crippen LogP contribution in [0.25, 0.3) is 6.08 Å². The fourth-order valence-corrected chi connectivity index (χ4v) is 0.994. The van der Waals surface area contributed by atoms with Gasteiger partial charge in [0.2, 0.25) is 0 Å². The number of unbranched alkanes of at least 4 members (excludes halogenated alkanes) is 1. The molecule has 0 aliphatic heterocycles. The maximum absolute atomic E-state index is 5.42. The van der Waals surface area contributed by atoms with Crippen LogP contribution in [0, 0.1) is 0 Å². The van der Waals surface area contributed by atoms with Crippen LogP contribution in [-0.4, -0.2) is 0 Å². The molecule has 82 valence electrons. The quantitative estimate of drug-likeness (QED) is 0.741. The Kier molecular flexibility index (Phi) is 8.40. The highest BCUT2D eigenvalue weighted by Gasteiger charge is 1.86. The van der Waals surface area contributed by atoms with Gasteiger partial charge in [-0.05, 0) is 17.5 Å². The van der Waals surface area contributed by atoms with Crippen molar-refractivity contribution in [2.75, 3.05) is 0 Å². The molecule has 1 heteroatoms. The van der Waals surface area contributed by atoms with Gasteiger partial charge in [-0.15, -0.1) is 6.58 Å². The summed E-state index contributed by atoms with van der Waals surface area (Å²) in [5.41, 5.74) is 7.71. The molecule has 0 heterocycles. The van der Waals surface area contributed by atoms with Crippen molar-refractivity contribution in [2.24, 2.45) is 5.73 Å². The van der Waals surface area contributed by atoms with E-state index in [1.807, 2.05) is 36.4 Å².